The van der Waals surface area contributed by atoms with E-state index in [0.29, 0.717) is 35.2 Å². The van der Waals surface area contributed by atoms with E-state index in [1.807, 2.05) is 30.3 Å². The maximum Gasteiger partial charge on any atom is 0.338 e. The first kappa shape index (κ1) is 23.7. The molecule has 176 valence electrons. The lowest BCUT2D eigenvalue weighted by Crippen LogP contribution is -2.31. The zero-order valence-electron chi connectivity index (χ0n) is 19.2. The van der Waals surface area contributed by atoms with Crippen molar-refractivity contribution in [1.29, 1.82) is 0 Å². The molecule has 1 heterocycles. The summed E-state index contributed by atoms with van der Waals surface area (Å²) in [6, 6.07) is 17.0. The summed E-state index contributed by atoms with van der Waals surface area (Å²) >= 11 is 0. The first-order valence-corrected chi connectivity index (χ1v) is 12.4. The van der Waals surface area contributed by atoms with Crippen LogP contribution in [0.15, 0.2) is 74.8 Å². The van der Waals surface area contributed by atoms with Crippen molar-refractivity contribution in [2.24, 2.45) is 0 Å². The summed E-state index contributed by atoms with van der Waals surface area (Å²) < 4.78 is 38.2. The Morgan fingerprint density at radius 1 is 1.00 bits per heavy atom. The maximum atomic E-state index is 13.0. The molecule has 0 atom stereocenters. The lowest BCUT2D eigenvalue weighted by molar-refractivity contribution is 0.0473. The van der Waals surface area contributed by atoms with Crippen LogP contribution in [0.3, 0.4) is 0 Å². The Morgan fingerprint density at radius 3 is 2.47 bits per heavy atom. The Hall–Kier alpha value is -3.49. The van der Waals surface area contributed by atoms with Gasteiger partial charge in [0.05, 0.1) is 10.5 Å². The van der Waals surface area contributed by atoms with E-state index in [4.69, 9.17) is 9.15 Å². The summed E-state index contributed by atoms with van der Waals surface area (Å²) in [6.45, 7) is 5.69. The number of aryl methyl sites for hydroxylation is 1. The lowest BCUT2D eigenvalue weighted by Gasteiger charge is -2.20. The maximum absolute atomic E-state index is 13.0. The Bertz CT molecular complexity index is 1550. The smallest absolute Gasteiger partial charge is 0.338 e. The highest BCUT2D eigenvalue weighted by atomic mass is 32.2. The van der Waals surface area contributed by atoms with E-state index in [-0.39, 0.29) is 17.1 Å². The molecule has 4 aromatic rings. The summed E-state index contributed by atoms with van der Waals surface area (Å²) in [4.78, 5) is 25.0. The Balaban J connectivity index is 1.68. The SMILES string of the molecule is CCN(CC)S(=O)(=O)c1cc(C(=O)OCc2cc(=O)oc3ccc4ccccc4c23)ccc1C. The third kappa shape index (κ3) is 4.34. The van der Waals surface area contributed by atoms with Crippen LogP contribution < -0.4 is 5.63 Å². The van der Waals surface area contributed by atoms with Crippen LogP contribution in [0.25, 0.3) is 21.7 Å². The summed E-state index contributed by atoms with van der Waals surface area (Å²) in [5.41, 5.74) is 1.03. The molecular weight excluding hydrogens is 454 g/mol. The summed E-state index contributed by atoms with van der Waals surface area (Å²) in [7, 11) is -3.74. The molecule has 0 N–H and O–H groups in total. The predicted octanol–water partition coefficient (Wildman–Crippen LogP) is 4.64. The second-order valence-corrected chi connectivity index (χ2v) is 9.80. The van der Waals surface area contributed by atoms with Gasteiger partial charge in [0.15, 0.2) is 0 Å². The molecular formula is C26H25NO6S. The molecule has 0 amide bonds. The molecule has 0 fully saturated rings. The van der Waals surface area contributed by atoms with Crippen molar-refractivity contribution in [3.05, 3.63) is 87.8 Å². The molecule has 1 aromatic heterocycles. The fourth-order valence-electron chi connectivity index (χ4n) is 4.07. The van der Waals surface area contributed by atoms with Gasteiger partial charge in [-0.1, -0.05) is 50.2 Å². The fraction of sp³-hybridized carbons (Fsp3) is 0.231. The quantitative estimate of drug-likeness (QED) is 0.218. The second kappa shape index (κ2) is 9.40. The van der Waals surface area contributed by atoms with Crippen molar-refractivity contribution in [1.82, 2.24) is 4.31 Å². The van der Waals surface area contributed by atoms with Crippen molar-refractivity contribution in [2.75, 3.05) is 13.1 Å². The zero-order chi connectivity index (χ0) is 24.5. The monoisotopic (exact) mass is 479 g/mol. The molecule has 0 bridgehead atoms. The number of carbonyl (C=O) groups excluding carboxylic acids is 1. The van der Waals surface area contributed by atoms with Crippen LogP contribution in [0.4, 0.5) is 0 Å². The molecule has 0 radical (unpaired) electrons. The second-order valence-electron chi connectivity index (χ2n) is 7.90. The first-order valence-electron chi connectivity index (χ1n) is 11.0. The van der Waals surface area contributed by atoms with Gasteiger partial charge in [0.25, 0.3) is 0 Å². The Kier molecular flexibility index (Phi) is 6.54. The highest BCUT2D eigenvalue weighted by molar-refractivity contribution is 7.89. The van der Waals surface area contributed by atoms with Crippen molar-refractivity contribution in [3.63, 3.8) is 0 Å². The topological polar surface area (TPSA) is 93.9 Å². The van der Waals surface area contributed by atoms with Crippen LogP contribution in [0, 0.1) is 6.92 Å². The van der Waals surface area contributed by atoms with E-state index in [1.54, 1.807) is 32.9 Å². The van der Waals surface area contributed by atoms with Gasteiger partial charge in [0.1, 0.15) is 12.2 Å². The summed E-state index contributed by atoms with van der Waals surface area (Å²) in [5.74, 6) is -0.683. The minimum atomic E-state index is -3.74. The highest BCUT2D eigenvalue weighted by Crippen LogP contribution is 2.28. The number of fused-ring (bicyclic) bond motifs is 3. The van der Waals surface area contributed by atoms with Gasteiger partial charge in [-0.05, 0) is 41.5 Å². The predicted molar refractivity (Wildman–Crippen MR) is 130 cm³/mol. The number of carbonyl (C=O) groups is 1. The molecule has 0 aliphatic carbocycles. The molecule has 0 aliphatic heterocycles. The minimum absolute atomic E-state index is 0.0717. The summed E-state index contributed by atoms with van der Waals surface area (Å²) in [5, 5.41) is 2.53. The van der Waals surface area contributed by atoms with Gasteiger partial charge in [-0.3, -0.25) is 0 Å². The van der Waals surface area contributed by atoms with Gasteiger partial charge in [0.2, 0.25) is 10.0 Å². The van der Waals surface area contributed by atoms with Crippen LogP contribution >= 0.6 is 0 Å². The number of benzene rings is 3. The molecule has 34 heavy (non-hydrogen) atoms. The standard InChI is InChI=1S/C26H25NO6S/c1-4-27(5-2)34(30,31)23-14-19(11-10-17(23)3)26(29)32-16-20-15-24(28)33-22-13-12-18-8-6-7-9-21(18)25(20)22/h6-15H,4-5,16H2,1-3H3. The fourth-order valence-corrected chi connectivity index (χ4v) is 5.78. The normalized spacial score (nSPS) is 11.9. The van der Waals surface area contributed by atoms with E-state index in [0.717, 1.165) is 10.8 Å². The van der Waals surface area contributed by atoms with E-state index >= 15 is 0 Å². The Labute approximate surface area is 197 Å². The molecule has 0 spiro atoms. The number of sulfonamides is 1. The average Bonchev–Trinajstić information content (AvgIpc) is 2.82. The third-order valence-corrected chi connectivity index (χ3v) is 8.01. The van der Waals surface area contributed by atoms with Crippen LogP contribution in [0.5, 0.6) is 0 Å². The van der Waals surface area contributed by atoms with Crippen LogP contribution in [-0.4, -0.2) is 31.8 Å². The molecule has 8 heteroatoms. The largest absolute Gasteiger partial charge is 0.457 e. The van der Waals surface area contributed by atoms with Crippen LogP contribution in [0.1, 0.15) is 35.3 Å². The van der Waals surface area contributed by atoms with Gasteiger partial charge >= 0.3 is 11.6 Å². The van der Waals surface area contributed by atoms with Crippen LogP contribution in [0.2, 0.25) is 0 Å². The van der Waals surface area contributed by atoms with Gasteiger partial charge < -0.3 is 9.15 Å². The van der Waals surface area contributed by atoms with E-state index < -0.39 is 21.6 Å². The number of ether oxygens (including phenoxy) is 1. The van der Waals surface area contributed by atoms with Crippen molar-refractivity contribution < 1.29 is 22.4 Å². The summed E-state index contributed by atoms with van der Waals surface area (Å²) in [6.07, 6.45) is 0. The molecule has 7 nitrogen and oxygen atoms in total. The highest BCUT2D eigenvalue weighted by Gasteiger charge is 2.25. The number of esters is 1. The van der Waals surface area contributed by atoms with Gasteiger partial charge in [-0.15, -0.1) is 0 Å². The van der Waals surface area contributed by atoms with Crippen molar-refractivity contribution >= 4 is 37.7 Å². The van der Waals surface area contributed by atoms with Gasteiger partial charge in [0, 0.05) is 30.1 Å². The molecule has 0 aliphatic rings. The minimum Gasteiger partial charge on any atom is -0.457 e. The molecule has 0 unspecified atom stereocenters. The molecule has 3 aromatic carbocycles. The molecule has 0 saturated heterocycles. The Morgan fingerprint density at radius 2 is 1.74 bits per heavy atom. The zero-order valence-corrected chi connectivity index (χ0v) is 20.0. The third-order valence-electron chi connectivity index (χ3n) is 5.82. The lowest BCUT2D eigenvalue weighted by atomic mass is 10.0. The van der Waals surface area contributed by atoms with E-state index in [2.05, 4.69) is 0 Å². The average molecular weight is 480 g/mol. The van der Waals surface area contributed by atoms with Crippen LogP contribution in [-0.2, 0) is 21.4 Å². The first-order chi connectivity index (χ1) is 16.3. The number of nitrogens with zero attached hydrogens (tertiary/aromatic N) is 1. The number of hydrogen-bond acceptors (Lipinski definition) is 6. The van der Waals surface area contributed by atoms with Gasteiger partial charge in [-0.25, -0.2) is 18.0 Å². The van der Waals surface area contributed by atoms with E-state index in [1.165, 1.54) is 22.5 Å². The number of rotatable bonds is 7. The van der Waals surface area contributed by atoms with E-state index in [9.17, 15) is 18.0 Å². The number of hydrogen-bond donors (Lipinski definition) is 0. The van der Waals surface area contributed by atoms with Crippen molar-refractivity contribution in [2.45, 2.75) is 32.3 Å². The van der Waals surface area contributed by atoms with Gasteiger partial charge in [-0.2, -0.15) is 4.31 Å². The van der Waals surface area contributed by atoms with Crippen molar-refractivity contribution in [3.8, 4) is 0 Å². The molecule has 0 saturated carbocycles. The molecule has 4 rings (SSSR count).